The average Bonchev–Trinajstić information content (AvgIpc) is 2.37. The first kappa shape index (κ1) is 10.8. The number of rotatable bonds is 3. The summed E-state index contributed by atoms with van der Waals surface area (Å²) >= 11 is 0. The highest BCUT2D eigenvalue weighted by Crippen LogP contribution is 2.29. The fourth-order valence-electron chi connectivity index (χ4n) is 2.84. The Labute approximate surface area is 103 Å². The first-order valence-electron chi connectivity index (χ1n) is 6.60. The molecular weight excluding hydrogens is 206 g/mol. The van der Waals surface area contributed by atoms with Gasteiger partial charge < -0.3 is 0 Å². The van der Waals surface area contributed by atoms with E-state index in [0.717, 1.165) is 13.1 Å². The van der Waals surface area contributed by atoms with Crippen LogP contribution in [0.5, 0.6) is 0 Å². The van der Waals surface area contributed by atoms with Crippen LogP contribution in [-0.4, -0.2) is 11.4 Å². The molecule has 2 aromatic rings. The molecule has 0 atom stereocenters. The van der Waals surface area contributed by atoms with Crippen molar-refractivity contribution >= 4 is 10.8 Å². The van der Waals surface area contributed by atoms with Crippen LogP contribution in [0.4, 0.5) is 0 Å². The lowest BCUT2D eigenvalue weighted by Gasteiger charge is -2.29. The van der Waals surface area contributed by atoms with Gasteiger partial charge in [0.15, 0.2) is 0 Å². The third kappa shape index (κ3) is 1.96. The van der Waals surface area contributed by atoms with Gasteiger partial charge in [-0.2, -0.15) is 0 Å². The SMILES string of the molecule is CCCCN1Cc2cccc3cccc(c23)C1. The molecular formula is C16H19N. The van der Waals surface area contributed by atoms with Crippen molar-refractivity contribution in [2.24, 2.45) is 0 Å². The lowest BCUT2D eigenvalue weighted by atomic mass is 9.95. The molecule has 1 heteroatoms. The van der Waals surface area contributed by atoms with Crippen molar-refractivity contribution in [3.63, 3.8) is 0 Å². The van der Waals surface area contributed by atoms with E-state index in [1.807, 2.05) is 0 Å². The van der Waals surface area contributed by atoms with Crippen LogP contribution in [0.15, 0.2) is 36.4 Å². The minimum atomic E-state index is 1.12. The Morgan fingerprint density at radius 2 is 1.65 bits per heavy atom. The maximum absolute atomic E-state index is 2.57. The van der Waals surface area contributed by atoms with E-state index < -0.39 is 0 Å². The molecule has 0 aromatic heterocycles. The van der Waals surface area contributed by atoms with Crippen LogP contribution < -0.4 is 0 Å². The first-order valence-corrected chi connectivity index (χ1v) is 6.60. The van der Waals surface area contributed by atoms with E-state index in [1.54, 1.807) is 0 Å². The monoisotopic (exact) mass is 225 g/mol. The second-order valence-corrected chi connectivity index (χ2v) is 5.00. The van der Waals surface area contributed by atoms with Crippen LogP contribution in [0.1, 0.15) is 30.9 Å². The predicted molar refractivity (Wildman–Crippen MR) is 73.0 cm³/mol. The van der Waals surface area contributed by atoms with E-state index in [9.17, 15) is 0 Å². The molecule has 0 aliphatic carbocycles. The molecule has 17 heavy (non-hydrogen) atoms. The topological polar surface area (TPSA) is 3.24 Å². The molecule has 1 aliphatic rings. The van der Waals surface area contributed by atoms with Crippen molar-refractivity contribution in [2.45, 2.75) is 32.9 Å². The Bertz CT molecular complexity index is 489. The van der Waals surface area contributed by atoms with Gasteiger partial charge in [-0.3, -0.25) is 4.90 Å². The largest absolute Gasteiger partial charge is 0.295 e. The highest BCUT2D eigenvalue weighted by molar-refractivity contribution is 5.89. The zero-order chi connectivity index (χ0) is 11.7. The normalized spacial score (nSPS) is 15.4. The summed E-state index contributed by atoms with van der Waals surface area (Å²) in [4.78, 5) is 2.57. The smallest absolute Gasteiger partial charge is 0.0243 e. The van der Waals surface area contributed by atoms with Crippen LogP contribution in [0, 0.1) is 0 Å². The zero-order valence-corrected chi connectivity index (χ0v) is 10.4. The molecule has 0 saturated heterocycles. The van der Waals surface area contributed by atoms with Crippen LogP contribution >= 0.6 is 0 Å². The Morgan fingerprint density at radius 3 is 2.24 bits per heavy atom. The summed E-state index contributed by atoms with van der Waals surface area (Å²) < 4.78 is 0. The van der Waals surface area contributed by atoms with Crippen LogP contribution in [0.25, 0.3) is 10.8 Å². The van der Waals surface area contributed by atoms with Crippen molar-refractivity contribution in [1.29, 1.82) is 0 Å². The van der Waals surface area contributed by atoms with Gasteiger partial charge in [-0.25, -0.2) is 0 Å². The van der Waals surface area contributed by atoms with Crippen molar-refractivity contribution in [3.05, 3.63) is 47.5 Å². The molecule has 88 valence electrons. The van der Waals surface area contributed by atoms with E-state index in [4.69, 9.17) is 0 Å². The van der Waals surface area contributed by atoms with Crippen LogP contribution in [0.2, 0.25) is 0 Å². The van der Waals surface area contributed by atoms with Gasteiger partial charge in [0, 0.05) is 13.1 Å². The number of unbranched alkanes of at least 4 members (excludes halogenated alkanes) is 1. The molecule has 2 aromatic carbocycles. The summed E-state index contributed by atoms with van der Waals surface area (Å²) in [5.41, 5.74) is 3.00. The Hall–Kier alpha value is -1.34. The summed E-state index contributed by atoms with van der Waals surface area (Å²) in [7, 11) is 0. The molecule has 0 fully saturated rings. The van der Waals surface area contributed by atoms with Gasteiger partial charge in [0.25, 0.3) is 0 Å². The number of hydrogen-bond acceptors (Lipinski definition) is 1. The fraction of sp³-hybridized carbons (Fsp3) is 0.375. The molecule has 0 spiro atoms. The minimum Gasteiger partial charge on any atom is -0.295 e. The third-order valence-electron chi connectivity index (χ3n) is 3.69. The minimum absolute atomic E-state index is 1.12. The first-order chi connectivity index (χ1) is 8.38. The number of hydrogen-bond donors (Lipinski definition) is 0. The van der Waals surface area contributed by atoms with E-state index >= 15 is 0 Å². The molecule has 1 heterocycles. The summed E-state index contributed by atoms with van der Waals surface area (Å²) in [5, 5.41) is 2.90. The van der Waals surface area contributed by atoms with Crippen molar-refractivity contribution < 1.29 is 0 Å². The van der Waals surface area contributed by atoms with Gasteiger partial charge in [0.05, 0.1) is 0 Å². The van der Waals surface area contributed by atoms with Gasteiger partial charge in [0.2, 0.25) is 0 Å². The predicted octanol–water partition coefficient (Wildman–Crippen LogP) is 3.96. The van der Waals surface area contributed by atoms with Gasteiger partial charge in [-0.15, -0.1) is 0 Å². The molecule has 0 amide bonds. The van der Waals surface area contributed by atoms with Gasteiger partial charge in [0.1, 0.15) is 0 Å². The molecule has 3 rings (SSSR count). The van der Waals surface area contributed by atoms with Gasteiger partial charge in [-0.05, 0) is 34.9 Å². The standard InChI is InChI=1S/C16H19N/c1-2-3-10-17-11-14-8-4-6-13-7-5-9-15(12-17)16(13)14/h4-9H,2-3,10-12H2,1H3. The molecule has 0 saturated carbocycles. The molecule has 0 radical (unpaired) electrons. The summed E-state index contributed by atoms with van der Waals surface area (Å²) in [6.07, 6.45) is 2.58. The number of benzene rings is 2. The van der Waals surface area contributed by atoms with Crippen molar-refractivity contribution in [1.82, 2.24) is 4.90 Å². The van der Waals surface area contributed by atoms with Crippen LogP contribution in [-0.2, 0) is 13.1 Å². The summed E-state index contributed by atoms with van der Waals surface area (Å²) in [6, 6.07) is 13.4. The molecule has 0 N–H and O–H groups in total. The molecule has 0 unspecified atom stereocenters. The lowest BCUT2D eigenvalue weighted by Crippen LogP contribution is -2.27. The average molecular weight is 225 g/mol. The van der Waals surface area contributed by atoms with Gasteiger partial charge in [-0.1, -0.05) is 49.7 Å². The summed E-state index contributed by atoms with van der Waals surface area (Å²) in [6.45, 7) is 5.72. The molecule has 1 aliphatic heterocycles. The highest BCUT2D eigenvalue weighted by Gasteiger charge is 2.17. The summed E-state index contributed by atoms with van der Waals surface area (Å²) in [5.74, 6) is 0. The Morgan fingerprint density at radius 1 is 1.00 bits per heavy atom. The quantitative estimate of drug-likeness (QED) is 0.764. The second-order valence-electron chi connectivity index (χ2n) is 5.00. The Kier molecular flexibility index (Phi) is 2.86. The second kappa shape index (κ2) is 4.50. The van der Waals surface area contributed by atoms with E-state index in [-0.39, 0.29) is 0 Å². The maximum Gasteiger partial charge on any atom is 0.0243 e. The van der Waals surface area contributed by atoms with E-state index in [0.29, 0.717) is 0 Å². The highest BCUT2D eigenvalue weighted by atomic mass is 15.1. The van der Waals surface area contributed by atoms with E-state index in [1.165, 1.54) is 41.3 Å². The zero-order valence-electron chi connectivity index (χ0n) is 10.4. The van der Waals surface area contributed by atoms with E-state index in [2.05, 4.69) is 48.2 Å². The lowest BCUT2D eigenvalue weighted by molar-refractivity contribution is 0.248. The maximum atomic E-state index is 2.57. The number of nitrogens with zero attached hydrogens (tertiary/aromatic N) is 1. The Balaban J connectivity index is 1.99. The van der Waals surface area contributed by atoms with Crippen molar-refractivity contribution in [3.8, 4) is 0 Å². The van der Waals surface area contributed by atoms with Crippen LogP contribution in [0.3, 0.4) is 0 Å². The van der Waals surface area contributed by atoms with Gasteiger partial charge >= 0.3 is 0 Å². The molecule has 1 nitrogen and oxygen atoms in total. The fourth-order valence-corrected chi connectivity index (χ4v) is 2.84. The molecule has 0 bridgehead atoms. The van der Waals surface area contributed by atoms with Crippen molar-refractivity contribution in [2.75, 3.05) is 6.54 Å². The third-order valence-corrected chi connectivity index (χ3v) is 3.69.